The van der Waals surface area contributed by atoms with Crippen molar-refractivity contribution >= 4 is 45.3 Å². The molecule has 0 aliphatic heterocycles. The van der Waals surface area contributed by atoms with Crippen LogP contribution in [0.3, 0.4) is 0 Å². The van der Waals surface area contributed by atoms with Gasteiger partial charge in [0.1, 0.15) is 18.0 Å². The number of nitrogens with one attached hydrogen (secondary N) is 2. The number of anilines is 1. The molecule has 0 radical (unpaired) electrons. The van der Waals surface area contributed by atoms with Gasteiger partial charge >= 0.3 is 0 Å². The van der Waals surface area contributed by atoms with Gasteiger partial charge < -0.3 is 14.8 Å². The molecule has 0 aromatic heterocycles. The summed E-state index contributed by atoms with van der Waals surface area (Å²) in [7, 11) is -2.78. The van der Waals surface area contributed by atoms with Crippen LogP contribution in [0.4, 0.5) is 5.69 Å². The maximum absolute atomic E-state index is 13.6. The van der Waals surface area contributed by atoms with Crippen LogP contribution in [0.5, 0.6) is 11.5 Å². The van der Waals surface area contributed by atoms with Crippen molar-refractivity contribution in [1.29, 1.82) is 0 Å². The number of ether oxygens (including phenoxy) is 2. The molecule has 44 heavy (non-hydrogen) atoms. The number of nitrogens with zero attached hydrogens (tertiary/aromatic N) is 2. The Morgan fingerprint density at radius 3 is 2.25 bits per heavy atom. The number of benzene rings is 4. The third-order valence-electron chi connectivity index (χ3n) is 6.36. The maximum atomic E-state index is 13.6. The lowest BCUT2D eigenvalue weighted by Gasteiger charge is -2.25. The van der Waals surface area contributed by atoms with Crippen molar-refractivity contribution in [2.45, 2.75) is 17.9 Å². The lowest BCUT2D eigenvalue weighted by molar-refractivity contribution is -0.123. The standard InChI is InChI=1S/C32H31ClN4O6S/c1-23(25-9-5-3-6-10-25)35-32(39)22-43-27-16-13-24(14-17-27)20-34-36-31(38)21-37(29-19-26(33)15-18-30(29)42-2)44(40,41)28-11-7-4-8-12-28/h3-20,23H,21-22H2,1-2H3,(H,35,39)(H,36,38)/b34-20-/t23-/m0/s1. The molecule has 2 N–H and O–H groups in total. The van der Waals surface area contributed by atoms with Crippen LogP contribution < -0.4 is 24.5 Å². The van der Waals surface area contributed by atoms with E-state index in [2.05, 4.69) is 15.8 Å². The number of hydrogen-bond donors (Lipinski definition) is 2. The Balaban J connectivity index is 1.36. The molecule has 0 fully saturated rings. The minimum absolute atomic E-state index is 0.0103. The minimum Gasteiger partial charge on any atom is -0.495 e. The van der Waals surface area contributed by atoms with E-state index >= 15 is 0 Å². The first kappa shape index (κ1) is 32.1. The van der Waals surface area contributed by atoms with Gasteiger partial charge in [0.15, 0.2) is 6.61 Å². The highest BCUT2D eigenvalue weighted by Crippen LogP contribution is 2.34. The van der Waals surface area contributed by atoms with E-state index in [0.717, 1.165) is 9.87 Å². The predicted molar refractivity (Wildman–Crippen MR) is 170 cm³/mol. The minimum atomic E-state index is -4.17. The molecule has 10 nitrogen and oxygen atoms in total. The fourth-order valence-corrected chi connectivity index (χ4v) is 5.74. The molecule has 0 saturated carbocycles. The first-order chi connectivity index (χ1) is 21.2. The second kappa shape index (κ2) is 15.0. The molecule has 4 aromatic rings. The van der Waals surface area contributed by atoms with Crippen LogP contribution in [-0.2, 0) is 19.6 Å². The summed E-state index contributed by atoms with van der Waals surface area (Å²) in [6.45, 7) is 1.15. The number of methoxy groups -OCH3 is 1. The van der Waals surface area contributed by atoms with Crippen LogP contribution in [0.25, 0.3) is 0 Å². The van der Waals surface area contributed by atoms with Crippen LogP contribution in [0, 0.1) is 0 Å². The SMILES string of the molecule is COc1ccc(Cl)cc1N(CC(=O)N/N=C\c1ccc(OCC(=O)N[C@@H](C)c2ccccc2)cc1)S(=O)(=O)c1ccccc1. The van der Waals surface area contributed by atoms with Gasteiger partial charge in [-0.3, -0.25) is 13.9 Å². The molecule has 12 heteroatoms. The van der Waals surface area contributed by atoms with E-state index in [-0.39, 0.29) is 39.9 Å². The largest absolute Gasteiger partial charge is 0.495 e. The zero-order chi connectivity index (χ0) is 31.5. The normalized spacial score (nSPS) is 11.9. The van der Waals surface area contributed by atoms with Gasteiger partial charge in [0.2, 0.25) is 0 Å². The Labute approximate surface area is 261 Å². The molecule has 228 valence electrons. The fourth-order valence-electron chi connectivity index (χ4n) is 4.13. The number of amides is 2. The van der Waals surface area contributed by atoms with Gasteiger partial charge in [-0.25, -0.2) is 13.8 Å². The van der Waals surface area contributed by atoms with E-state index in [1.165, 1.54) is 37.6 Å². The van der Waals surface area contributed by atoms with Crippen molar-refractivity contribution in [1.82, 2.24) is 10.7 Å². The second-order valence-corrected chi connectivity index (χ2v) is 11.8. The number of carbonyl (C=O) groups is 2. The van der Waals surface area contributed by atoms with Gasteiger partial charge in [-0.15, -0.1) is 0 Å². The highest BCUT2D eigenvalue weighted by Gasteiger charge is 2.29. The Morgan fingerprint density at radius 2 is 1.59 bits per heavy atom. The lowest BCUT2D eigenvalue weighted by atomic mass is 10.1. The molecule has 4 aromatic carbocycles. The van der Waals surface area contributed by atoms with E-state index in [1.54, 1.807) is 48.5 Å². The smallest absolute Gasteiger partial charge is 0.264 e. The summed E-state index contributed by atoms with van der Waals surface area (Å²) in [4.78, 5) is 25.2. The van der Waals surface area contributed by atoms with Gasteiger partial charge in [-0.2, -0.15) is 5.10 Å². The van der Waals surface area contributed by atoms with E-state index in [9.17, 15) is 18.0 Å². The highest BCUT2D eigenvalue weighted by atomic mass is 35.5. The Morgan fingerprint density at radius 1 is 0.932 bits per heavy atom. The van der Waals surface area contributed by atoms with Crippen molar-refractivity contribution < 1.29 is 27.5 Å². The molecule has 1 atom stereocenters. The zero-order valence-electron chi connectivity index (χ0n) is 24.0. The molecule has 0 spiro atoms. The first-order valence-electron chi connectivity index (χ1n) is 13.5. The molecule has 0 unspecified atom stereocenters. The third-order valence-corrected chi connectivity index (χ3v) is 8.37. The molecule has 4 rings (SSSR count). The van der Waals surface area contributed by atoms with Gasteiger partial charge in [0.05, 0.1) is 29.9 Å². The molecule has 2 amide bonds. The summed E-state index contributed by atoms with van der Waals surface area (Å²) in [5, 5.41) is 7.11. The monoisotopic (exact) mass is 634 g/mol. The van der Waals surface area contributed by atoms with Crippen LogP contribution in [-0.4, -0.2) is 46.7 Å². The molecule has 0 aliphatic carbocycles. The topological polar surface area (TPSA) is 126 Å². The second-order valence-electron chi connectivity index (χ2n) is 9.49. The first-order valence-corrected chi connectivity index (χ1v) is 15.3. The average molecular weight is 635 g/mol. The van der Waals surface area contributed by atoms with E-state index < -0.39 is 22.5 Å². The van der Waals surface area contributed by atoms with E-state index in [1.807, 2.05) is 37.3 Å². The molecular weight excluding hydrogens is 604 g/mol. The summed E-state index contributed by atoms with van der Waals surface area (Å²) < 4.78 is 39.0. The number of rotatable bonds is 13. The fraction of sp³-hybridized carbons (Fsp3) is 0.156. The average Bonchev–Trinajstić information content (AvgIpc) is 3.04. The van der Waals surface area contributed by atoms with E-state index in [0.29, 0.717) is 11.3 Å². The van der Waals surface area contributed by atoms with Crippen molar-refractivity contribution in [2.24, 2.45) is 5.10 Å². The summed E-state index contributed by atoms with van der Waals surface area (Å²) in [6, 6.07) is 28.4. The van der Waals surface area contributed by atoms with Gasteiger partial charge in [0.25, 0.3) is 21.8 Å². The van der Waals surface area contributed by atoms with Crippen LogP contribution in [0.1, 0.15) is 24.1 Å². The predicted octanol–water partition coefficient (Wildman–Crippen LogP) is 4.95. The van der Waals surface area contributed by atoms with Gasteiger partial charge in [-0.1, -0.05) is 60.1 Å². The van der Waals surface area contributed by atoms with Crippen molar-refractivity contribution in [3.63, 3.8) is 0 Å². The summed E-state index contributed by atoms with van der Waals surface area (Å²) in [5.74, 6) is -0.256. The van der Waals surface area contributed by atoms with Crippen LogP contribution >= 0.6 is 11.6 Å². The number of halogens is 1. The number of hydrogen-bond acceptors (Lipinski definition) is 7. The quantitative estimate of drug-likeness (QED) is 0.158. The summed E-state index contributed by atoms with van der Waals surface area (Å²) in [6.07, 6.45) is 1.39. The molecule has 0 saturated heterocycles. The summed E-state index contributed by atoms with van der Waals surface area (Å²) in [5.41, 5.74) is 4.08. The lowest BCUT2D eigenvalue weighted by Crippen LogP contribution is -2.39. The molecule has 0 heterocycles. The highest BCUT2D eigenvalue weighted by molar-refractivity contribution is 7.92. The van der Waals surface area contributed by atoms with Crippen molar-refractivity contribution in [3.05, 3.63) is 119 Å². The Bertz CT molecular complexity index is 1700. The number of sulfonamides is 1. The van der Waals surface area contributed by atoms with Crippen LogP contribution in [0.2, 0.25) is 5.02 Å². The number of hydrazone groups is 1. The van der Waals surface area contributed by atoms with Gasteiger partial charge in [-0.05, 0) is 72.6 Å². The molecule has 0 aliphatic rings. The number of carbonyl (C=O) groups excluding carboxylic acids is 2. The zero-order valence-corrected chi connectivity index (χ0v) is 25.6. The maximum Gasteiger partial charge on any atom is 0.264 e. The van der Waals surface area contributed by atoms with Crippen molar-refractivity contribution in [3.8, 4) is 11.5 Å². The Hall–Kier alpha value is -4.87. The summed E-state index contributed by atoms with van der Waals surface area (Å²) >= 11 is 6.16. The third kappa shape index (κ3) is 8.59. The van der Waals surface area contributed by atoms with E-state index in [4.69, 9.17) is 21.1 Å². The van der Waals surface area contributed by atoms with Gasteiger partial charge in [0, 0.05) is 5.02 Å². The Kier molecular flexibility index (Phi) is 11.0. The van der Waals surface area contributed by atoms with Crippen molar-refractivity contribution in [2.75, 3.05) is 24.6 Å². The molecular formula is C32H31ClN4O6S. The van der Waals surface area contributed by atoms with Crippen LogP contribution in [0.15, 0.2) is 113 Å². The molecule has 0 bridgehead atoms.